The lowest BCUT2D eigenvalue weighted by Gasteiger charge is -2.42. The van der Waals surface area contributed by atoms with E-state index < -0.39 is 67.1 Å². The first-order chi connectivity index (χ1) is 18.1. The summed E-state index contributed by atoms with van der Waals surface area (Å²) in [6.45, 7) is 0.175. The molecule has 0 aliphatic carbocycles. The van der Waals surface area contributed by atoms with Crippen LogP contribution in [-0.4, -0.2) is 71.3 Å². The molecule has 3 aromatic rings. The van der Waals surface area contributed by atoms with Gasteiger partial charge in [-0.1, -0.05) is 18.2 Å². The molecule has 2 N–H and O–H groups in total. The highest BCUT2D eigenvalue weighted by molar-refractivity contribution is 5.85. The van der Waals surface area contributed by atoms with E-state index >= 15 is 13.2 Å². The molecule has 0 amide bonds. The molecule has 0 radical (unpaired) electrons. The number of benzene rings is 2. The number of hydrogen-bond acceptors (Lipinski definition) is 3. The van der Waals surface area contributed by atoms with Crippen LogP contribution < -0.4 is 0 Å². The lowest BCUT2D eigenvalue weighted by molar-refractivity contribution is -0.0869. The van der Waals surface area contributed by atoms with Crippen molar-refractivity contribution < 1.29 is 31.4 Å². The van der Waals surface area contributed by atoms with E-state index in [9.17, 15) is 18.3 Å². The van der Waals surface area contributed by atoms with Crippen LogP contribution in [0.5, 0.6) is 0 Å². The number of likely N-dealkylation sites (tertiary alicyclic amines) is 1. The number of aromatic amines is 1. The first kappa shape index (κ1) is 27.0. The van der Waals surface area contributed by atoms with Crippen LogP contribution in [0.2, 0.25) is 0 Å². The number of para-hydroxylation sites is 1. The van der Waals surface area contributed by atoms with Gasteiger partial charge in [0.1, 0.15) is 24.4 Å². The molecule has 2 aliphatic heterocycles. The minimum atomic E-state index is -3.49. The second-order valence-corrected chi connectivity index (χ2v) is 10.6. The molecule has 4 nitrogen and oxygen atoms in total. The minimum absolute atomic E-state index is 0.146. The van der Waals surface area contributed by atoms with Crippen LogP contribution in [0, 0.1) is 17.6 Å². The molecule has 2 aromatic carbocycles. The Morgan fingerprint density at radius 2 is 1.82 bits per heavy atom. The standard InChI is InChI=1S/C28H31F6N3O/c1-16-9-20-19-5-2-3-6-23(19)35-26(20)27(37(16)14-28(33,34)15-38)24-21(30)10-17(11-22(24)31)25(32)18-12-36(13-18)8-4-7-29/h2-3,5-6,10-11,16,18,25,27,35,38H,4,7-9,12-15H2,1H3/t16-,25-,27?/m1/s1. The highest BCUT2D eigenvalue weighted by Gasteiger charge is 2.44. The van der Waals surface area contributed by atoms with Gasteiger partial charge >= 0.3 is 0 Å². The second-order valence-electron chi connectivity index (χ2n) is 10.6. The number of nitrogens with one attached hydrogen (secondary N) is 1. The summed E-state index contributed by atoms with van der Waals surface area (Å²) in [6, 6.07) is 7.46. The van der Waals surface area contributed by atoms with E-state index in [1.807, 2.05) is 17.0 Å². The molecule has 0 saturated carbocycles. The SMILES string of the molecule is C[C@@H]1Cc2c([nH]c3ccccc23)C(c2c(F)cc([C@@H](F)C3CN(CCCF)C3)cc2F)N1CC(F)(F)CO. The molecule has 1 saturated heterocycles. The number of alkyl halides is 4. The minimum Gasteiger partial charge on any atom is -0.390 e. The molecule has 5 rings (SSSR count). The first-order valence-corrected chi connectivity index (χ1v) is 12.9. The quantitative estimate of drug-likeness (QED) is 0.343. The smallest absolute Gasteiger partial charge is 0.283 e. The Bertz CT molecular complexity index is 1270. The van der Waals surface area contributed by atoms with Crippen molar-refractivity contribution in [3.05, 3.63) is 70.4 Å². The molecule has 3 atom stereocenters. The van der Waals surface area contributed by atoms with Gasteiger partial charge in [0, 0.05) is 53.8 Å². The summed E-state index contributed by atoms with van der Waals surface area (Å²) in [7, 11) is 0. The molecule has 2 aliphatic rings. The largest absolute Gasteiger partial charge is 0.390 e. The van der Waals surface area contributed by atoms with E-state index in [4.69, 9.17) is 0 Å². The Hall–Kier alpha value is -2.56. The Morgan fingerprint density at radius 3 is 2.47 bits per heavy atom. The Labute approximate surface area is 217 Å². The summed E-state index contributed by atoms with van der Waals surface area (Å²) in [5.74, 6) is -5.99. The van der Waals surface area contributed by atoms with Crippen molar-refractivity contribution in [2.45, 2.75) is 43.9 Å². The highest BCUT2D eigenvalue weighted by Crippen LogP contribution is 2.44. The molecule has 206 valence electrons. The maximum atomic E-state index is 15.7. The third-order valence-corrected chi connectivity index (χ3v) is 7.86. The van der Waals surface area contributed by atoms with Gasteiger partial charge in [0.15, 0.2) is 0 Å². The Morgan fingerprint density at radius 1 is 1.13 bits per heavy atom. The van der Waals surface area contributed by atoms with Crippen molar-refractivity contribution in [2.75, 3.05) is 39.5 Å². The molecule has 1 aromatic heterocycles. The van der Waals surface area contributed by atoms with Gasteiger partial charge in [0.05, 0.1) is 19.3 Å². The molecule has 1 unspecified atom stereocenters. The van der Waals surface area contributed by atoms with Crippen LogP contribution in [-0.2, 0) is 6.42 Å². The topological polar surface area (TPSA) is 42.5 Å². The summed E-state index contributed by atoms with van der Waals surface area (Å²) in [4.78, 5) is 6.37. The molecular weight excluding hydrogens is 508 g/mol. The number of H-pyrrole nitrogens is 1. The third kappa shape index (κ3) is 4.94. The molecule has 38 heavy (non-hydrogen) atoms. The maximum absolute atomic E-state index is 15.7. The molecule has 1 fully saturated rings. The Kier molecular flexibility index (Phi) is 7.50. The number of aromatic nitrogens is 1. The van der Waals surface area contributed by atoms with Crippen molar-refractivity contribution >= 4 is 10.9 Å². The number of aliphatic hydroxyl groups is 1. The average molecular weight is 540 g/mol. The first-order valence-electron chi connectivity index (χ1n) is 12.9. The van der Waals surface area contributed by atoms with E-state index in [-0.39, 0.29) is 5.56 Å². The van der Waals surface area contributed by atoms with Crippen molar-refractivity contribution in [3.8, 4) is 0 Å². The number of rotatable bonds is 9. The van der Waals surface area contributed by atoms with Crippen LogP contribution in [0.3, 0.4) is 0 Å². The molecule has 0 bridgehead atoms. The van der Waals surface area contributed by atoms with E-state index in [2.05, 4.69) is 4.98 Å². The van der Waals surface area contributed by atoms with Crippen LogP contribution >= 0.6 is 0 Å². The third-order valence-electron chi connectivity index (χ3n) is 7.86. The fourth-order valence-corrected chi connectivity index (χ4v) is 5.94. The van der Waals surface area contributed by atoms with Gasteiger partial charge in [-0.15, -0.1) is 0 Å². The molecular formula is C28H31F6N3O. The van der Waals surface area contributed by atoms with Gasteiger partial charge in [0.25, 0.3) is 5.92 Å². The van der Waals surface area contributed by atoms with Crippen molar-refractivity contribution in [1.82, 2.24) is 14.8 Å². The van der Waals surface area contributed by atoms with Gasteiger partial charge in [-0.25, -0.2) is 22.0 Å². The normalized spacial score (nSPS) is 22.0. The monoisotopic (exact) mass is 539 g/mol. The lowest BCUT2D eigenvalue weighted by atomic mass is 9.85. The molecule has 3 heterocycles. The van der Waals surface area contributed by atoms with Crippen molar-refractivity contribution in [3.63, 3.8) is 0 Å². The van der Waals surface area contributed by atoms with E-state index in [0.717, 1.165) is 23.1 Å². The highest BCUT2D eigenvalue weighted by atomic mass is 19.3. The van der Waals surface area contributed by atoms with Crippen molar-refractivity contribution in [1.29, 1.82) is 0 Å². The average Bonchev–Trinajstić information content (AvgIpc) is 3.22. The van der Waals surface area contributed by atoms with E-state index in [1.165, 1.54) is 4.90 Å². The van der Waals surface area contributed by atoms with Crippen LogP contribution in [0.4, 0.5) is 26.3 Å². The zero-order valence-corrected chi connectivity index (χ0v) is 21.0. The summed E-state index contributed by atoms with van der Waals surface area (Å²) in [6.07, 6.45) is -0.895. The number of halogens is 6. The lowest BCUT2D eigenvalue weighted by Crippen LogP contribution is -2.49. The van der Waals surface area contributed by atoms with Gasteiger partial charge in [-0.2, -0.15) is 0 Å². The predicted molar refractivity (Wildman–Crippen MR) is 133 cm³/mol. The maximum Gasteiger partial charge on any atom is 0.283 e. The van der Waals surface area contributed by atoms with Gasteiger partial charge in [-0.3, -0.25) is 9.29 Å². The van der Waals surface area contributed by atoms with Crippen molar-refractivity contribution in [2.24, 2.45) is 5.92 Å². The number of hydrogen-bond donors (Lipinski definition) is 2. The van der Waals surface area contributed by atoms with Gasteiger partial charge in [0.2, 0.25) is 0 Å². The number of nitrogens with zero attached hydrogens (tertiary/aromatic N) is 2. The van der Waals surface area contributed by atoms with E-state index in [1.54, 1.807) is 19.1 Å². The zero-order chi connectivity index (χ0) is 27.2. The zero-order valence-electron chi connectivity index (χ0n) is 21.0. The predicted octanol–water partition coefficient (Wildman–Crippen LogP) is 5.71. The van der Waals surface area contributed by atoms with Gasteiger partial charge < -0.3 is 15.0 Å². The summed E-state index contributed by atoms with van der Waals surface area (Å²) in [5, 5.41) is 10.1. The van der Waals surface area contributed by atoms with Crippen LogP contribution in [0.15, 0.2) is 36.4 Å². The van der Waals surface area contributed by atoms with Gasteiger partial charge in [-0.05, 0) is 49.1 Å². The summed E-state index contributed by atoms with van der Waals surface area (Å²) < 4.78 is 87.9. The molecule has 0 spiro atoms. The fourth-order valence-electron chi connectivity index (χ4n) is 5.94. The summed E-state index contributed by atoms with van der Waals surface area (Å²) >= 11 is 0. The summed E-state index contributed by atoms with van der Waals surface area (Å²) in [5.41, 5.74) is 1.33. The molecule has 10 heteroatoms. The van der Waals surface area contributed by atoms with Crippen LogP contribution in [0.1, 0.15) is 47.9 Å². The van der Waals surface area contributed by atoms with Crippen LogP contribution in [0.25, 0.3) is 10.9 Å². The fraction of sp³-hybridized carbons (Fsp3) is 0.500. The number of aliphatic hydroxyl groups excluding tert-OH is 1. The number of fused-ring (bicyclic) bond motifs is 3. The second kappa shape index (κ2) is 10.5. The Balaban J connectivity index is 1.53. The van der Waals surface area contributed by atoms with E-state index in [0.29, 0.717) is 43.7 Å².